The van der Waals surface area contributed by atoms with Gasteiger partial charge >= 0.3 is 5.97 Å². The average molecular weight is 254 g/mol. The molecule has 0 spiro atoms. The maximum absolute atomic E-state index is 9.94. The first kappa shape index (κ1) is 18.1. The molecule has 0 aliphatic heterocycles. The molecule has 0 fully saturated rings. The van der Waals surface area contributed by atoms with Crippen molar-refractivity contribution in [2.45, 2.75) is 31.9 Å². The largest absolute Gasteiger partial charge is 0.480 e. The van der Waals surface area contributed by atoms with E-state index in [1.165, 1.54) is 13.8 Å². The Kier molecular flexibility index (Phi) is 8.91. The number of carboxylic acid groups (broad SMARTS) is 1. The third kappa shape index (κ3) is 7.05. The number of aliphatic hydroxyl groups excluding tert-OH is 3. The maximum Gasteiger partial charge on any atom is 0.318 e. The molecule has 0 rings (SSSR count). The molecule has 0 aliphatic carbocycles. The summed E-state index contributed by atoms with van der Waals surface area (Å²) in [6.45, 7) is 4.41. The fourth-order valence-corrected chi connectivity index (χ4v) is 0.485. The Bertz CT molecular complexity index is 178. The zero-order valence-corrected chi connectivity index (χ0v) is 10.9. The van der Waals surface area contributed by atoms with E-state index in [1.807, 2.05) is 6.92 Å². The quantitative estimate of drug-likeness (QED) is 0.450. The molecule has 0 saturated carbocycles. The molecule has 6 heteroatoms. The molecule has 0 aromatic rings. The molecular weight excluding hydrogens is 232 g/mol. The van der Waals surface area contributed by atoms with Crippen LogP contribution in [0.4, 0.5) is 0 Å². The van der Waals surface area contributed by atoms with Crippen molar-refractivity contribution in [1.29, 1.82) is 0 Å². The smallest absolute Gasteiger partial charge is 0.318 e. The van der Waals surface area contributed by atoms with Gasteiger partial charge in [-0.15, -0.1) is 0 Å². The molecule has 0 saturated heterocycles. The summed E-state index contributed by atoms with van der Waals surface area (Å²) in [6, 6.07) is 0. The van der Waals surface area contributed by atoms with Crippen LogP contribution in [-0.4, -0.2) is 51.0 Å². The number of rotatable bonds is 5. The molecule has 0 aromatic carbocycles. The molecule has 0 bridgehead atoms. The van der Waals surface area contributed by atoms with Gasteiger partial charge in [0, 0.05) is 5.41 Å². The van der Waals surface area contributed by atoms with Gasteiger partial charge in [0.15, 0.2) is 0 Å². The minimum atomic E-state index is -0.893. The zero-order chi connectivity index (χ0) is 13.4. The summed E-state index contributed by atoms with van der Waals surface area (Å²) in [5, 5.41) is 34.1. The molecule has 0 radical (unpaired) electrons. The van der Waals surface area contributed by atoms with Crippen molar-refractivity contribution in [2.75, 3.05) is 19.8 Å². The van der Waals surface area contributed by atoms with Gasteiger partial charge in [-0.2, -0.15) is 12.6 Å². The second-order valence-corrected chi connectivity index (χ2v) is 5.31. The molecular formula is C10H22O5S. The van der Waals surface area contributed by atoms with E-state index in [4.69, 9.17) is 20.4 Å². The van der Waals surface area contributed by atoms with Crippen LogP contribution >= 0.6 is 12.6 Å². The van der Waals surface area contributed by atoms with Crippen molar-refractivity contribution in [3.8, 4) is 0 Å². The Labute approximate surface area is 102 Å². The van der Waals surface area contributed by atoms with Crippen LogP contribution in [-0.2, 0) is 4.79 Å². The molecule has 0 aromatic heterocycles. The summed E-state index contributed by atoms with van der Waals surface area (Å²) in [5.41, 5.74) is -0.667. The SMILES string of the molecule is CC(C)(S)C(=O)O.CCC(CO)(CO)CO. The van der Waals surface area contributed by atoms with Crippen molar-refractivity contribution < 1.29 is 25.2 Å². The second kappa shape index (κ2) is 7.89. The summed E-state index contributed by atoms with van der Waals surface area (Å²) in [7, 11) is 0. The van der Waals surface area contributed by atoms with E-state index >= 15 is 0 Å². The minimum Gasteiger partial charge on any atom is -0.480 e. The number of aliphatic hydroxyl groups is 3. The number of hydrogen-bond acceptors (Lipinski definition) is 5. The van der Waals surface area contributed by atoms with Crippen molar-refractivity contribution in [3.05, 3.63) is 0 Å². The number of carboxylic acids is 1. The Balaban J connectivity index is 0. The molecule has 0 unspecified atom stereocenters. The Morgan fingerprint density at radius 2 is 1.38 bits per heavy atom. The molecule has 0 aliphatic rings. The van der Waals surface area contributed by atoms with Gasteiger partial charge in [-0.3, -0.25) is 4.79 Å². The third-order valence-electron chi connectivity index (χ3n) is 2.28. The van der Waals surface area contributed by atoms with Crippen LogP contribution < -0.4 is 0 Å². The summed E-state index contributed by atoms with van der Waals surface area (Å²) >= 11 is 3.75. The number of thiol groups is 1. The van der Waals surface area contributed by atoms with E-state index in [9.17, 15) is 4.79 Å². The van der Waals surface area contributed by atoms with E-state index in [-0.39, 0.29) is 19.8 Å². The van der Waals surface area contributed by atoms with Gasteiger partial charge in [0.2, 0.25) is 0 Å². The molecule has 4 N–H and O–H groups in total. The number of aliphatic carboxylic acids is 1. The van der Waals surface area contributed by atoms with Crippen molar-refractivity contribution >= 4 is 18.6 Å². The summed E-state index contributed by atoms with van der Waals surface area (Å²) in [4.78, 5) is 9.94. The fourth-order valence-electron chi connectivity index (χ4n) is 0.485. The highest BCUT2D eigenvalue weighted by atomic mass is 32.1. The number of carbonyl (C=O) groups is 1. The molecule has 0 atom stereocenters. The lowest BCUT2D eigenvalue weighted by Gasteiger charge is -2.24. The van der Waals surface area contributed by atoms with E-state index in [0.717, 1.165) is 0 Å². The van der Waals surface area contributed by atoms with Crippen LogP contribution in [0.2, 0.25) is 0 Å². The monoisotopic (exact) mass is 254 g/mol. The highest BCUT2D eigenvalue weighted by Crippen LogP contribution is 2.18. The molecule has 0 heterocycles. The van der Waals surface area contributed by atoms with Crippen LogP contribution in [0.5, 0.6) is 0 Å². The second-order valence-electron chi connectivity index (χ2n) is 4.19. The maximum atomic E-state index is 9.94. The van der Waals surface area contributed by atoms with E-state index in [2.05, 4.69) is 12.6 Å². The van der Waals surface area contributed by atoms with Gasteiger partial charge < -0.3 is 20.4 Å². The van der Waals surface area contributed by atoms with Crippen LogP contribution in [0.3, 0.4) is 0 Å². The molecule has 16 heavy (non-hydrogen) atoms. The third-order valence-corrected chi connectivity index (χ3v) is 2.47. The van der Waals surface area contributed by atoms with Crippen LogP contribution in [0.25, 0.3) is 0 Å². The molecule has 0 amide bonds. The molecule has 5 nitrogen and oxygen atoms in total. The molecule has 98 valence electrons. The minimum absolute atomic E-state index is 0.156. The van der Waals surface area contributed by atoms with Crippen molar-refractivity contribution in [2.24, 2.45) is 5.41 Å². The van der Waals surface area contributed by atoms with Gasteiger partial charge in [0.25, 0.3) is 0 Å². The Hall–Kier alpha value is -0.300. The lowest BCUT2D eigenvalue weighted by molar-refractivity contribution is -0.138. The predicted molar refractivity (Wildman–Crippen MR) is 64.7 cm³/mol. The first-order chi connectivity index (χ1) is 7.19. The van der Waals surface area contributed by atoms with E-state index in [0.29, 0.717) is 6.42 Å². The first-order valence-electron chi connectivity index (χ1n) is 4.97. The van der Waals surface area contributed by atoms with E-state index < -0.39 is 16.1 Å². The van der Waals surface area contributed by atoms with E-state index in [1.54, 1.807) is 0 Å². The van der Waals surface area contributed by atoms with Crippen LogP contribution in [0, 0.1) is 5.41 Å². The first-order valence-corrected chi connectivity index (χ1v) is 5.42. The van der Waals surface area contributed by atoms with Gasteiger partial charge in [-0.25, -0.2) is 0 Å². The van der Waals surface area contributed by atoms with Crippen LogP contribution in [0.1, 0.15) is 27.2 Å². The summed E-state index contributed by atoms with van der Waals surface area (Å²) in [6.07, 6.45) is 0.594. The normalized spacial score (nSPS) is 11.7. The zero-order valence-electron chi connectivity index (χ0n) is 9.97. The Morgan fingerprint density at radius 3 is 1.38 bits per heavy atom. The number of hydrogen-bond donors (Lipinski definition) is 5. The summed E-state index contributed by atoms with van der Waals surface area (Å²) in [5.74, 6) is -0.893. The van der Waals surface area contributed by atoms with Crippen molar-refractivity contribution in [1.82, 2.24) is 0 Å². The van der Waals surface area contributed by atoms with Crippen molar-refractivity contribution in [3.63, 3.8) is 0 Å². The topological polar surface area (TPSA) is 98.0 Å². The van der Waals surface area contributed by atoms with Gasteiger partial charge in [-0.1, -0.05) is 6.92 Å². The van der Waals surface area contributed by atoms with Gasteiger partial charge in [0.1, 0.15) is 4.75 Å². The highest BCUT2D eigenvalue weighted by Gasteiger charge is 2.24. The average Bonchev–Trinajstić information content (AvgIpc) is 2.21. The van der Waals surface area contributed by atoms with Crippen LogP contribution in [0.15, 0.2) is 0 Å². The van der Waals surface area contributed by atoms with Gasteiger partial charge in [0.05, 0.1) is 19.8 Å². The lowest BCUT2D eigenvalue weighted by Crippen LogP contribution is -2.32. The van der Waals surface area contributed by atoms with Gasteiger partial charge in [-0.05, 0) is 20.3 Å². The predicted octanol–water partition coefficient (Wildman–Crippen LogP) is 0.139. The fraction of sp³-hybridized carbons (Fsp3) is 0.900. The lowest BCUT2D eigenvalue weighted by atomic mass is 9.88. The highest BCUT2D eigenvalue weighted by molar-refractivity contribution is 7.82. The summed E-state index contributed by atoms with van der Waals surface area (Å²) < 4.78 is -0.889. The standard InChI is InChI=1S/C6H14O3.C4H8O2S/c1-2-6(3-7,4-8)5-9;1-4(2,7)3(5)6/h7-9H,2-5H2,1H3;7H,1-2H3,(H,5,6). The Morgan fingerprint density at radius 1 is 1.12 bits per heavy atom.